The molecule has 0 radical (unpaired) electrons. The van der Waals surface area contributed by atoms with Crippen LogP contribution < -0.4 is 0 Å². The van der Waals surface area contributed by atoms with E-state index in [0.29, 0.717) is 5.57 Å². The molecule has 0 bridgehead atoms. The zero-order valence-corrected chi connectivity index (χ0v) is 9.97. The number of rotatable bonds is 1. The van der Waals surface area contributed by atoms with Gasteiger partial charge in [-0.2, -0.15) is 0 Å². The third-order valence-electron chi connectivity index (χ3n) is 2.70. The minimum absolute atomic E-state index is 0.431. The summed E-state index contributed by atoms with van der Waals surface area (Å²) in [6, 6.07) is 3.92. The summed E-state index contributed by atoms with van der Waals surface area (Å²) in [7, 11) is 0. The number of aliphatic carboxylic acids is 1. The summed E-state index contributed by atoms with van der Waals surface area (Å²) in [5, 5.41) is 9.08. The summed E-state index contributed by atoms with van der Waals surface area (Å²) < 4.78 is 0.938. The number of aryl methyl sites for hydroxylation is 1. The van der Waals surface area contributed by atoms with E-state index in [4.69, 9.17) is 5.11 Å². The standard InChI is InChI=1S/C12H11BrO2/c1-7-5-8(13)6-11-9(7)3-2-4-10(11)12(14)15/h4-6H,2-3H2,1H3,(H,14,15). The van der Waals surface area contributed by atoms with E-state index >= 15 is 0 Å². The minimum atomic E-state index is -0.839. The van der Waals surface area contributed by atoms with Crippen LogP contribution in [0.15, 0.2) is 22.7 Å². The lowest BCUT2D eigenvalue weighted by Gasteiger charge is -2.17. The van der Waals surface area contributed by atoms with Gasteiger partial charge in [-0.1, -0.05) is 22.0 Å². The number of carboxylic acid groups (broad SMARTS) is 1. The molecule has 0 saturated heterocycles. The monoisotopic (exact) mass is 266 g/mol. The number of halogens is 1. The molecule has 0 atom stereocenters. The molecular formula is C12H11BrO2. The summed E-state index contributed by atoms with van der Waals surface area (Å²) in [6.45, 7) is 2.02. The highest BCUT2D eigenvalue weighted by Gasteiger charge is 2.19. The fourth-order valence-electron chi connectivity index (χ4n) is 2.02. The van der Waals surface area contributed by atoms with Crippen molar-refractivity contribution < 1.29 is 9.90 Å². The fraction of sp³-hybridized carbons (Fsp3) is 0.250. The molecule has 1 aliphatic rings. The van der Waals surface area contributed by atoms with Crippen molar-refractivity contribution in [3.05, 3.63) is 39.4 Å². The van der Waals surface area contributed by atoms with E-state index in [1.165, 1.54) is 0 Å². The first-order valence-electron chi connectivity index (χ1n) is 4.82. The van der Waals surface area contributed by atoms with Crippen molar-refractivity contribution in [3.63, 3.8) is 0 Å². The van der Waals surface area contributed by atoms with Crippen molar-refractivity contribution in [1.29, 1.82) is 0 Å². The zero-order chi connectivity index (χ0) is 11.0. The summed E-state index contributed by atoms with van der Waals surface area (Å²) in [4.78, 5) is 11.1. The van der Waals surface area contributed by atoms with E-state index in [-0.39, 0.29) is 0 Å². The lowest BCUT2D eigenvalue weighted by Crippen LogP contribution is -2.08. The maximum atomic E-state index is 11.1. The molecular weight excluding hydrogens is 256 g/mol. The molecule has 3 heteroatoms. The number of benzene rings is 1. The van der Waals surface area contributed by atoms with Gasteiger partial charge in [0.15, 0.2) is 0 Å². The Balaban J connectivity index is 2.64. The second kappa shape index (κ2) is 3.81. The average molecular weight is 267 g/mol. The van der Waals surface area contributed by atoms with Crippen LogP contribution in [0.4, 0.5) is 0 Å². The van der Waals surface area contributed by atoms with Crippen molar-refractivity contribution >= 4 is 27.5 Å². The molecule has 0 saturated carbocycles. The second-order valence-electron chi connectivity index (χ2n) is 3.71. The van der Waals surface area contributed by atoms with E-state index in [1.807, 2.05) is 19.1 Å². The Morgan fingerprint density at radius 3 is 2.87 bits per heavy atom. The quantitative estimate of drug-likeness (QED) is 0.848. The van der Waals surface area contributed by atoms with Gasteiger partial charge in [0.2, 0.25) is 0 Å². The van der Waals surface area contributed by atoms with Gasteiger partial charge in [-0.25, -0.2) is 4.79 Å². The maximum absolute atomic E-state index is 11.1. The Kier molecular flexibility index (Phi) is 2.65. The first kappa shape index (κ1) is 10.4. The molecule has 1 aromatic carbocycles. The Morgan fingerprint density at radius 1 is 1.47 bits per heavy atom. The van der Waals surface area contributed by atoms with Crippen LogP contribution in [-0.4, -0.2) is 11.1 Å². The topological polar surface area (TPSA) is 37.3 Å². The van der Waals surface area contributed by atoms with Crippen molar-refractivity contribution in [3.8, 4) is 0 Å². The van der Waals surface area contributed by atoms with Crippen LogP contribution in [0.2, 0.25) is 0 Å². The van der Waals surface area contributed by atoms with Crippen LogP contribution in [0.25, 0.3) is 5.57 Å². The Morgan fingerprint density at radius 2 is 2.20 bits per heavy atom. The largest absolute Gasteiger partial charge is 0.478 e. The van der Waals surface area contributed by atoms with E-state index in [1.54, 1.807) is 6.08 Å². The number of hydrogen-bond donors (Lipinski definition) is 1. The van der Waals surface area contributed by atoms with Gasteiger partial charge in [0.1, 0.15) is 0 Å². The van der Waals surface area contributed by atoms with Crippen molar-refractivity contribution in [2.24, 2.45) is 0 Å². The van der Waals surface area contributed by atoms with E-state index in [2.05, 4.69) is 15.9 Å². The van der Waals surface area contributed by atoms with E-state index in [0.717, 1.165) is 34.0 Å². The molecule has 0 aromatic heterocycles. The van der Waals surface area contributed by atoms with Crippen LogP contribution in [0.1, 0.15) is 23.1 Å². The molecule has 1 N–H and O–H groups in total. The van der Waals surface area contributed by atoms with Gasteiger partial charge in [0.25, 0.3) is 0 Å². The SMILES string of the molecule is Cc1cc(Br)cc2c1CCC=C2C(=O)O. The number of carboxylic acids is 1. The Bertz CT molecular complexity index is 461. The lowest BCUT2D eigenvalue weighted by atomic mass is 9.88. The second-order valence-corrected chi connectivity index (χ2v) is 4.63. The predicted octanol–water partition coefficient (Wildman–Crippen LogP) is 3.17. The Labute approximate surface area is 96.7 Å². The van der Waals surface area contributed by atoms with Gasteiger partial charge in [0.05, 0.1) is 5.57 Å². The van der Waals surface area contributed by atoms with Gasteiger partial charge in [-0.15, -0.1) is 0 Å². The molecule has 0 unspecified atom stereocenters. The molecule has 0 amide bonds. The van der Waals surface area contributed by atoms with E-state index < -0.39 is 5.97 Å². The van der Waals surface area contributed by atoms with Gasteiger partial charge in [0, 0.05) is 4.47 Å². The van der Waals surface area contributed by atoms with Gasteiger partial charge in [-0.05, 0) is 48.6 Å². The summed E-state index contributed by atoms with van der Waals surface area (Å²) in [5.41, 5.74) is 3.62. The molecule has 0 heterocycles. The lowest BCUT2D eigenvalue weighted by molar-refractivity contribution is -0.130. The summed E-state index contributed by atoms with van der Waals surface area (Å²) in [6.07, 6.45) is 3.55. The third kappa shape index (κ3) is 1.84. The highest BCUT2D eigenvalue weighted by Crippen LogP contribution is 2.31. The summed E-state index contributed by atoms with van der Waals surface area (Å²) in [5.74, 6) is -0.839. The fourth-order valence-corrected chi connectivity index (χ4v) is 2.59. The van der Waals surface area contributed by atoms with Gasteiger partial charge < -0.3 is 5.11 Å². The van der Waals surface area contributed by atoms with Crippen LogP contribution in [0.3, 0.4) is 0 Å². The van der Waals surface area contributed by atoms with Crippen molar-refractivity contribution in [2.75, 3.05) is 0 Å². The highest BCUT2D eigenvalue weighted by atomic mass is 79.9. The number of allylic oxidation sites excluding steroid dienone is 1. The molecule has 1 aliphatic carbocycles. The van der Waals surface area contributed by atoms with Gasteiger partial charge in [-0.3, -0.25) is 0 Å². The highest BCUT2D eigenvalue weighted by molar-refractivity contribution is 9.10. The molecule has 0 spiro atoms. The molecule has 0 fully saturated rings. The first-order chi connectivity index (χ1) is 7.09. The van der Waals surface area contributed by atoms with Crippen LogP contribution >= 0.6 is 15.9 Å². The maximum Gasteiger partial charge on any atom is 0.335 e. The minimum Gasteiger partial charge on any atom is -0.478 e. The van der Waals surface area contributed by atoms with Crippen LogP contribution in [0.5, 0.6) is 0 Å². The number of carbonyl (C=O) groups is 1. The van der Waals surface area contributed by atoms with Gasteiger partial charge >= 0.3 is 5.97 Å². The summed E-state index contributed by atoms with van der Waals surface area (Å²) >= 11 is 3.40. The molecule has 78 valence electrons. The van der Waals surface area contributed by atoms with Crippen molar-refractivity contribution in [2.45, 2.75) is 19.8 Å². The number of hydrogen-bond acceptors (Lipinski definition) is 1. The average Bonchev–Trinajstić information content (AvgIpc) is 2.16. The molecule has 2 rings (SSSR count). The van der Waals surface area contributed by atoms with E-state index in [9.17, 15) is 4.79 Å². The normalized spacial score (nSPS) is 14.4. The van der Waals surface area contributed by atoms with Crippen LogP contribution in [-0.2, 0) is 11.2 Å². The smallest absolute Gasteiger partial charge is 0.335 e. The third-order valence-corrected chi connectivity index (χ3v) is 3.16. The number of fused-ring (bicyclic) bond motifs is 1. The molecule has 15 heavy (non-hydrogen) atoms. The molecule has 1 aromatic rings. The van der Waals surface area contributed by atoms with Crippen LogP contribution in [0, 0.1) is 6.92 Å². The first-order valence-corrected chi connectivity index (χ1v) is 5.61. The molecule has 2 nitrogen and oxygen atoms in total. The zero-order valence-electron chi connectivity index (χ0n) is 8.38. The van der Waals surface area contributed by atoms with Crippen molar-refractivity contribution in [1.82, 2.24) is 0 Å². The predicted molar refractivity (Wildman–Crippen MR) is 62.8 cm³/mol. The molecule has 0 aliphatic heterocycles. The Hall–Kier alpha value is -1.09.